The fourth-order valence-corrected chi connectivity index (χ4v) is 1.66. The maximum absolute atomic E-state index is 12.6. The molecule has 19 heavy (non-hydrogen) atoms. The maximum Gasteiger partial charge on any atom is 0.433 e. The van der Waals surface area contributed by atoms with Gasteiger partial charge in [0.05, 0.1) is 0 Å². The van der Waals surface area contributed by atoms with E-state index in [4.69, 9.17) is 11.6 Å². The summed E-state index contributed by atoms with van der Waals surface area (Å²) in [7, 11) is 5.54. The van der Waals surface area contributed by atoms with Gasteiger partial charge in [-0.1, -0.05) is 0 Å². The Balaban J connectivity index is 2.79. The van der Waals surface area contributed by atoms with Gasteiger partial charge in [0.15, 0.2) is 5.69 Å². The highest BCUT2D eigenvalue weighted by Crippen LogP contribution is 2.30. The summed E-state index contributed by atoms with van der Waals surface area (Å²) in [5.74, 6) is 0.172. The Morgan fingerprint density at radius 1 is 1.16 bits per heavy atom. The molecule has 4 nitrogen and oxygen atoms in total. The second-order valence-electron chi connectivity index (χ2n) is 4.46. The summed E-state index contributed by atoms with van der Waals surface area (Å²) in [4.78, 5) is 10.6. The zero-order chi connectivity index (χ0) is 14.6. The Bertz CT molecular complexity index is 423. The molecule has 0 spiro atoms. The van der Waals surface area contributed by atoms with Crippen molar-refractivity contribution in [3.8, 4) is 0 Å². The number of hydrogen-bond acceptors (Lipinski definition) is 4. The van der Waals surface area contributed by atoms with Crippen molar-refractivity contribution in [3.63, 3.8) is 0 Å². The van der Waals surface area contributed by atoms with Crippen molar-refractivity contribution in [1.29, 1.82) is 0 Å². The summed E-state index contributed by atoms with van der Waals surface area (Å²) < 4.78 is 37.8. The molecule has 0 aromatic carbocycles. The fraction of sp³-hybridized carbons (Fsp3) is 0.636. The largest absolute Gasteiger partial charge is 0.433 e. The number of halogens is 4. The number of anilines is 1. The zero-order valence-corrected chi connectivity index (χ0v) is 11.8. The van der Waals surface area contributed by atoms with Crippen LogP contribution in [-0.4, -0.2) is 49.1 Å². The van der Waals surface area contributed by atoms with E-state index in [-0.39, 0.29) is 5.82 Å². The Morgan fingerprint density at radius 2 is 1.79 bits per heavy atom. The normalized spacial score (nSPS) is 12.0. The van der Waals surface area contributed by atoms with Crippen LogP contribution in [0.1, 0.15) is 12.1 Å². The minimum atomic E-state index is -4.52. The van der Waals surface area contributed by atoms with Crippen molar-refractivity contribution in [2.75, 3.05) is 39.1 Å². The average Bonchev–Trinajstić information content (AvgIpc) is 2.26. The first-order chi connectivity index (χ1) is 8.70. The lowest BCUT2D eigenvalue weighted by molar-refractivity contribution is -0.141. The zero-order valence-electron chi connectivity index (χ0n) is 11.0. The maximum atomic E-state index is 12.6. The van der Waals surface area contributed by atoms with Crippen LogP contribution in [0.5, 0.6) is 0 Å². The van der Waals surface area contributed by atoms with Gasteiger partial charge in [-0.15, -0.1) is 0 Å². The first-order valence-corrected chi connectivity index (χ1v) is 6.05. The molecule has 0 atom stereocenters. The first kappa shape index (κ1) is 16.0. The van der Waals surface area contributed by atoms with Crippen LogP contribution < -0.4 is 4.90 Å². The van der Waals surface area contributed by atoms with E-state index in [9.17, 15) is 13.2 Å². The summed E-state index contributed by atoms with van der Waals surface area (Å²) >= 11 is 5.53. The standard InChI is InChI=1S/C11H16ClF3N4/c1-18(2)5-4-6-19(3)9-7-8(11(13,14)15)16-10(12)17-9/h7H,4-6H2,1-3H3. The van der Waals surface area contributed by atoms with Crippen molar-refractivity contribution in [3.05, 3.63) is 17.0 Å². The molecular weight excluding hydrogens is 281 g/mol. The third-order valence-electron chi connectivity index (χ3n) is 2.47. The molecule has 0 aliphatic heterocycles. The molecule has 0 radical (unpaired) electrons. The van der Waals surface area contributed by atoms with Crippen LogP contribution in [0.3, 0.4) is 0 Å². The molecule has 0 amide bonds. The van der Waals surface area contributed by atoms with E-state index in [1.807, 2.05) is 19.0 Å². The molecule has 0 aliphatic carbocycles. The van der Waals surface area contributed by atoms with E-state index in [1.165, 1.54) is 0 Å². The van der Waals surface area contributed by atoms with Gasteiger partial charge in [-0.3, -0.25) is 0 Å². The van der Waals surface area contributed by atoms with Crippen molar-refractivity contribution in [2.24, 2.45) is 0 Å². The SMILES string of the molecule is CN(C)CCCN(C)c1cc(C(F)(F)F)nc(Cl)n1. The molecule has 0 aliphatic rings. The Hall–Kier alpha value is -1.08. The van der Waals surface area contributed by atoms with Crippen LogP contribution in [0.4, 0.5) is 19.0 Å². The summed E-state index contributed by atoms with van der Waals surface area (Å²) in [5, 5.41) is -0.399. The molecule has 0 bridgehead atoms. The lowest BCUT2D eigenvalue weighted by Gasteiger charge is -2.20. The molecular formula is C11H16ClF3N4. The Morgan fingerprint density at radius 3 is 2.32 bits per heavy atom. The van der Waals surface area contributed by atoms with Crippen LogP contribution in [0.25, 0.3) is 0 Å². The Kier molecular flexibility index (Phi) is 5.37. The van der Waals surface area contributed by atoms with E-state index in [0.29, 0.717) is 6.54 Å². The smallest absolute Gasteiger partial charge is 0.359 e. The predicted molar refractivity (Wildman–Crippen MR) is 68.5 cm³/mol. The number of aromatic nitrogens is 2. The molecule has 0 saturated carbocycles. The van der Waals surface area contributed by atoms with Crippen LogP contribution in [0.15, 0.2) is 6.07 Å². The third kappa shape index (κ3) is 5.20. The van der Waals surface area contributed by atoms with Gasteiger partial charge in [-0.2, -0.15) is 13.2 Å². The topological polar surface area (TPSA) is 32.3 Å². The molecule has 0 unspecified atom stereocenters. The number of alkyl halides is 3. The van der Waals surface area contributed by atoms with Gasteiger partial charge < -0.3 is 9.80 Å². The average molecular weight is 297 g/mol. The van der Waals surface area contributed by atoms with Crippen molar-refractivity contribution in [1.82, 2.24) is 14.9 Å². The van der Waals surface area contributed by atoms with Gasteiger partial charge >= 0.3 is 6.18 Å². The summed E-state index contributed by atoms with van der Waals surface area (Å²) in [5.41, 5.74) is -1.03. The van der Waals surface area contributed by atoms with Gasteiger partial charge in [-0.05, 0) is 38.7 Å². The van der Waals surface area contributed by atoms with Crippen molar-refractivity contribution in [2.45, 2.75) is 12.6 Å². The highest BCUT2D eigenvalue weighted by molar-refractivity contribution is 6.28. The number of nitrogens with zero attached hydrogens (tertiary/aromatic N) is 4. The van der Waals surface area contributed by atoms with Crippen LogP contribution >= 0.6 is 11.6 Å². The van der Waals surface area contributed by atoms with Gasteiger partial charge in [0, 0.05) is 19.7 Å². The van der Waals surface area contributed by atoms with Crippen LogP contribution in [-0.2, 0) is 6.18 Å². The summed E-state index contributed by atoms with van der Waals surface area (Å²) in [6, 6.07) is 0.904. The molecule has 1 aromatic heterocycles. The second kappa shape index (κ2) is 6.38. The minimum absolute atomic E-state index is 0.172. The molecule has 1 heterocycles. The van der Waals surface area contributed by atoms with Crippen molar-refractivity contribution < 1.29 is 13.2 Å². The van der Waals surface area contributed by atoms with E-state index >= 15 is 0 Å². The third-order valence-corrected chi connectivity index (χ3v) is 2.63. The van der Waals surface area contributed by atoms with Gasteiger partial charge in [0.25, 0.3) is 0 Å². The molecule has 108 valence electrons. The first-order valence-electron chi connectivity index (χ1n) is 5.68. The molecule has 1 aromatic rings. The summed E-state index contributed by atoms with van der Waals surface area (Å²) in [6.45, 7) is 1.43. The fourth-order valence-electron chi connectivity index (χ4n) is 1.49. The highest BCUT2D eigenvalue weighted by atomic mass is 35.5. The summed E-state index contributed by atoms with van der Waals surface area (Å²) in [6.07, 6.45) is -3.71. The monoisotopic (exact) mass is 296 g/mol. The molecule has 0 N–H and O–H groups in total. The van der Waals surface area contributed by atoms with E-state index in [0.717, 1.165) is 19.0 Å². The van der Waals surface area contributed by atoms with Gasteiger partial charge in [0.1, 0.15) is 5.82 Å². The van der Waals surface area contributed by atoms with E-state index in [2.05, 4.69) is 9.97 Å². The lowest BCUT2D eigenvalue weighted by Crippen LogP contribution is -2.24. The van der Waals surface area contributed by atoms with E-state index < -0.39 is 17.2 Å². The molecule has 0 fully saturated rings. The lowest BCUT2D eigenvalue weighted by atomic mass is 10.3. The highest BCUT2D eigenvalue weighted by Gasteiger charge is 2.33. The molecule has 0 saturated heterocycles. The van der Waals surface area contributed by atoms with Gasteiger partial charge in [0.2, 0.25) is 5.28 Å². The number of hydrogen-bond donors (Lipinski definition) is 0. The van der Waals surface area contributed by atoms with Gasteiger partial charge in [-0.25, -0.2) is 9.97 Å². The Labute approximate surface area is 115 Å². The minimum Gasteiger partial charge on any atom is -0.359 e. The van der Waals surface area contributed by atoms with E-state index in [1.54, 1.807) is 11.9 Å². The van der Waals surface area contributed by atoms with Crippen molar-refractivity contribution >= 4 is 17.4 Å². The van der Waals surface area contributed by atoms with Crippen LogP contribution in [0.2, 0.25) is 5.28 Å². The second-order valence-corrected chi connectivity index (χ2v) is 4.79. The van der Waals surface area contributed by atoms with Crippen LogP contribution in [0, 0.1) is 0 Å². The number of rotatable bonds is 5. The quantitative estimate of drug-likeness (QED) is 0.782. The molecule has 8 heteroatoms. The molecule has 1 rings (SSSR count). The predicted octanol–water partition coefficient (Wildman–Crippen LogP) is 2.54.